The minimum atomic E-state index is -0.371. The Morgan fingerprint density at radius 1 is 1.22 bits per heavy atom. The summed E-state index contributed by atoms with van der Waals surface area (Å²) in [6.07, 6.45) is 4.99. The van der Waals surface area contributed by atoms with Crippen molar-refractivity contribution >= 4 is 17.3 Å². The molecule has 4 heteroatoms. The first-order valence-electron chi connectivity index (χ1n) is 6.45. The number of carbonyl (C=O) groups is 1. The lowest BCUT2D eigenvalue weighted by Gasteiger charge is -2.23. The number of rotatable bonds is 2. The van der Waals surface area contributed by atoms with Gasteiger partial charge in [-0.2, -0.15) is 0 Å². The lowest BCUT2D eigenvalue weighted by atomic mass is 10.1. The summed E-state index contributed by atoms with van der Waals surface area (Å²) in [6.45, 7) is 2.09. The minimum Gasteiger partial charge on any atom is -0.465 e. The largest absolute Gasteiger partial charge is 0.465 e. The van der Waals surface area contributed by atoms with E-state index in [9.17, 15) is 4.79 Å². The Morgan fingerprint density at radius 3 is 2.50 bits per heavy atom. The van der Waals surface area contributed by atoms with Crippen molar-refractivity contribution in [3.05, 3.63) is 23.8 Å². The molecule has 2 N–H and O–H groups in total. The fraction of sp³-hybridized carbons (Fsp3) is 0.500. The lowest BCUT2D eigenvalue weighted by Crippen LogP contribution is -2.24. The zero-order chi connectivity index (χ0) is 13.0. The molecular formula is C14H20N2O2. The second-order valence-electron chi connectivity index (χ2n) is 4.66. The first kappa shape index (κ1) is 12.7. The Bertz CT molecular complexity index is 424. The van der Waals surface area contributed by atoms with Crippen molar-refractivity contribution in [3.63, 3.8) is 0 Å². The van der Waals surface area contributed by atoms with Crippen LogP contribution in [0, 0.1) is 0 Å². The minimum absolute atomic E-state index is 0.371. The topological polar surface area (TPSA) is 55.6 Å². The maximum atomic E-state index is 11.6. The van der Waals surface area contributed by atoms with Gasteiger partial charge in [0.15, 0.2) is 0 Å². The third-order valence-corrected chi connectivity index (χ3v) is 3.41. The van der Waals surface area contributed by atoms with Gasteiger partial charge in [0.05, 0.1) is 12.7 Å². The summed E-state index contributed by atoms with van der Waals surface area (Å²) >= 11 is 0. The summed E-state index contributed by atoms with van der Waals surface area (Å²) in [5, 5.41) is 0. The van der Waals surface area contributed by atoms with Crippen molar-refractivity contribution in [2.75, 3.05) is 30.8 Å². The molecule has 1 aliphatic rings. The highest BCUT2D eigenvalue weighted by atomic mass is 16.5. The summed E-state index contributed by atoms with van der Waals surface area (Å²) < 4.78 is 4.75. The van der Waals surface area contributed by atoms with E-state index in [1.54, 1.807) is 6.07 Å². The van der Waals surface area contributed by atoms with Crippen LogP contribution in [0.3, 0.4) is 0 Å². The summed E-state index contributed by atoms with van der Waals surface area (Å²) in [5.74, 6) is -0.371. The second-order valence-corrected chi connectivity index (χ2v) is 4.66. The Balaban J connectivity index is 2.25. The molecule has 0 bridgehead atoms. The van der Waals surface area contributed by atoms with Crippen LogP contribution in [-0.4, -0.2) is 26.2 Å². The lowest BCUT2D eigenvalue weighted by molar-refractivity contribution is 0.0602. The fourth-order valence-corrected chi connectivity index (χ4v) is 2.36. The number of carbonyl (C=O) groups excluding carboxylic acids is 1. The maximum Gasteiger partial charge on any atom is 0.340 e. The predicted molar refractivity (Wildman–Crippen MR) is 72.9 cm³/mol. The van der Waals surface area contributed by atoms with Gasteiger partial charge in [-0.05, 0) is 31.0 Å². The molecule has 0 amide bonds. The average molecular weight is 248 g/mol. The molecule has 0 radical (unpaired) electrons. The van der Waals surface area contributed by atoms with Gasteiger partial charge in [0.25, 0.3) is 0 Å². The number of ether oxygens (including phenoxy) is 1. The molecule has 18 heavy (non-hydrogen) atoms. The average Bonchev–Trinajstić information content (AvgIpc) is 2.67. The van der Waals surface area contributed by atoms with Gasteiger partial charge in [0.1, 0.15) is 0 Å². The number of anilines is 2. The Morgan fingerprint density at radius 2 is 1.89 bits per heavy atom. The van der Waals surface area contributed by atoms with Crippen molar-refractivity contribution in [1.82, 2.24) is 0 Å². The van der Waals surface area contributed by atoms with Crippen LogP contribution in [0.25, 0.3) is 0 Å². The predicted octanol–water partition coefficient (Wildman–Crippen LogP) is 2.44. The van der Waals surface area contributed by atoms with E-state index in [1.807, 2.05) is 12.1 Å². The molecule has 0 saturated carbocycles. The molecule has 0 aliphatic carbocycles. The Labute approximate surface area is 108 Å². The van der Waals surface area contributed by atoms with E-state index in [-0.39, 0.29) is 5.97 Å². The van der Waals surface area contributed by atoms with E-state index in [2.05, 4.69) is 4.90 Å². The van der Waals surface area contributed by atoms with Crippen LogP contribution >= 0.6 is 0 Å². The van der Waals surface area contributed by atoms with Crippen molar-refractivity contribution < 1.29 is 9.53 Å². The highest BCUT2D eigenvalue weighted by molar-refractivity contribution is 5.96. The van der Waals surface area contributed by atoms with Crippen LogP contribution < -0.4 is 10.6 Å². The summed E-state index contributed by atoms with van der Waals surface area (Å²) in [5.41, 5.74) is 7.80. The molecule has 1 heterocycles. The molecule has 2 rings (SSSR count). The van der Waals surface area contributed by atoms with Gasteiger partial charge in [0, 0.05) is 24.5 Å². The fourth-order valence-electron chi connectivity index (χ4n) is 2.36. The molecule has 0 atom stereocenters. The molecule has 0 unspecified atom stereocenters. The molecule has 1 aliphatic heterocycles. The van der Waals surface area contributed by atoms with Crippen LogP contribution in [0.1, 0.15) is 36.0 Å². The Hall–Kier alpha value is -1.71. The third kappa shape index (κ3) is 2.75. The van der Waals surface area contributed by atoms with Gasteiger partial charge >= 0.3 is 5.97 Å². The highest BCUT2D eigenvalue weighted by Crippen LogP contribution is 2.24. The van der Waals surface area contributed by atoms with Crippen molar-refractivity contribution in [2.24, 2.45) is 0 Å². The van der Waals surface area contributed by atoms with E-state index < -0.39 is 0 Å². The van der Waals surface area contributed by atoms with Crippen LogP contribution in [0.5, 0.6) is 0 Å². The number of benzene rings is 1. The van der Waals surface area contributed by atoms with Gasteiger partial charge in [-0.3, -0.25) is 0 Å². The molecule has 1 saturated heterocycles. The van der Waals surface area contributed by atoms with Gasteiger partial charge in [0.2, 0.25) is 0 Å². The first-order chi connectivity index (χ1) is 8.72. The van der Waals surface area contributed by atoms with Crippen molar-refractivity contribution in [1.29, 1.82) is 0 Å². The van der Waals surface area contributed by atoms with Gasteiger partial charge < -0.3 is 15.4 Å². The van der Waals surface area contributed by atoms with Crippen LogP contribution in [0.4, 0.5) is 11.4 Å². The summed E-state index contributed by atoms with van der Waals surface area (Å²) in [4.78, 5) is 13.9. The molecule has 1 aromatic rings. The molecular weight excluding hydrogens is 228 g/mol. The number of nitrogens with two attached hydrogens (primary N) is 1. The van der Waals surface area contributed by atoms with Crippen LogP contribution in [0.15, 0.2) is 18.2 Å². The van der Waals surface area contributed by atoms with Crippen LogP contribution in [-0.2, 0) is 4.74 Å². The summed E-state index contributed by atoms with van der Waals surface area (Å²) in [6, 6.07) is 5.60. The van der Waals surface area contributed by atoms with Crippen LogP contribution in [0.2, 0.25) is 0 Å². The highest BCUT2D eigenvalue weighted by Gasteiger charge is 2.15. The quantitative estimate of drug-likeness (QED) is 0.645. The number of esters is 1. The maximum absolute atomic E-state index is 11.6. The number of nitrogens with zero attached hydrogens (tertiary/aromatic N) is 1. The number of hydrogen-bond donors (Lipinski definition) is 1. The van der Waals surface area contributed by atoms with E-state index in [0.717, 1.165) is 18.8 Å². The zero-order valence-corrected chi connectivity index (χ0v) is 10.8. The number of methoxy groups -OCH3 is 1. The zero-order valence-electron chi connectivity index (χ0n) is 10.8. The molecule has 1 fully saturated rings. The monoisotopic (exact) mass is 248 g/mol. The van der Waals surface area contributed by atoms with E-state index in [4.69, 9.17) is 10.5 Å². The third-order valence-electron chi connectivity index (χ3n) is 3.41. The van der Waals surface area contributed by atoms with E-state index in [1.165, 1.54) is 32.8 Å². The Kier molecular flexibility index (Phi) is 4.07. The second kappa shape index (κ2) is 5.76. The number of nitrogen functional groups attached to an aromatic ring is 1. The molecule has 4 nitrogen and oxygen atoms in total. The van der Waals surface area contributed by atoms with E-state index >= 15 is 0 Å². The molecule has 98 valence electrons. The van der Waals surface area contributed by atoms with Gasteiger partial charge in [-0.15, -0.1) is 0 Å². The van der Waals surface area contributed by atoms with Crippen molar-refractivity contribution in [2.45, 2.75) is 25.7 Å². The van der Waals surface area contributed by atoms with Gasteiger partial charge in [-0.25, -0.2) is 4.79 Å². The number of hydrogen-bond acceptors (Lipinski definition) is 4. The SMILES string of the molecule is COC(=O)c1cc(N2CCCCCC2)ccc1N. The summed E-state index contributed by atoms with van der Waals surface area (Å²) in [7, 11) is 1.38. The molecule has 0 aromatic heterocycles. The van der Waals surface area contributed by atoms with E-state index in [0.29, 0.717) is 11.3 Å². The van der Waals surface area contributed by atoms with Crippen molar-refractivity contribution in [3.8, 4) is 0 Å². The first-order valence-corrected chi connectivity index (χ1v) is 6.45. The normalized spacial score (nSPS) is 16.2. The van der Waals surface area contributed by atoms with Gasteiger partial charge in [-0.1, -0.05) is 12.8 Å². The smallest absolute Gasteiger partial charge is 0.340 e. The molecule has 1 aromatic carbocycles. The molecule has 0 spiro atoms. The standard InChI is InChI=1S/C14H20N2O2/c1-18-14(17)12-10-11(6-7-13(12)15)16-8-4-2-3-5-9-16/h6-7,10H,2-5,8-9,15H2,1H3.